The number of morpholine rings is 1. The Morgan fingerprint density at radius 3 is 2.52 bits per heavy atom. The largest absolute Gasteiger partial charge is 0.378 e. The number of carbonyl (C=O) groups excluding carboxylic acids is 1. The third kappa shape index (κ3) is 6.64. The van der Waals surface area contributed by atoms with E-state index in [0.29, 0.717) is 44.8 Å². The number of nitrogens with zero attached hydrogens (tertiary/aromatic N) is 2. The molecular formula is C20H31IN4O2. The van der Waals surface area contributed by atoms with E-state index in [1.54, 1.807) is 0 Å². The first-order valence-electron chi connectivity index (χ1n) is 9.72. The van der Waals surface area contributed by atoms with Crippen molar-refractivity contribution in [1.29, 1.82) is 0 Å². The van der Waals surface area contributed by atoms with Crippen molar-refractivity contribution in [1.82, 2.24) is 10.2 Å². The monoisotopic (exact) mass is 486 g/mol. The van der Waals surface area contributed by atoms with Gasteiger partial charge < -0.3 is 20.7 Å². The Hall–Kier alpha value is -1.35. The van der Waals surface area contributed by atoms with Crippen LogP contribution in [0.5, 0.6) is 0 Å². The average molecular weight is 486 g/mol. The Morgan fingerprint density at radius 2 is 1.85 bits per heavy atom. The third-order valence-electron chi connectivity index (χ3n) is 5.22. The number of amides is 1. The van der Waals surface area contributed by atoms with Crippen molar-refractivity contribution in [3.05, 3.63) is 35.9 Å². The first kappa shape index (κ1) is 21.9. The van der Waals surface area contributed by atoms with Gasteiger partial charge in [-0.25, -0.2) is 0 Å². The Morgan fingerprint density at radius 1 is 1.19 bits per heavy atom. The number of aliphatic imine (C=N–C) groups is 1. The molecule has 1 aliphatic carbocycles. The fourth-order valence-electron chi connectivity index (χ4n) is 3.71. The summed E-state index contributed by atoms with van der Waals surface area (Å²) in [5.41, 5.74) is 7.09. The molecule has 2 fully saturated rings. The molecule has 6 nitrogen and oxygen atoms in total. The standard InChI is InChI=1S/C20H30N4O2.HI/c21-20(23-17-9-5-2-6-10-17)22-15-18(16-7-3-1-4-8-16)19(25)24-11-13-26-14-12-24;/h1,3-4,7-8,17-18H,2,5-6,9-15H2,(H3,21,22,23);1H. The van der Waals surface area contributed by atoms with E-state index in [1.807, 2.05) is 35.2 Å². The van der Waals surface area contributed by atoms with Crippen molar-refractivity contribution >= 4 is 35.8 Å². The normalized spacial score (nSPS) is 19.9. The van der Waals surface area contributed by atoms with Crippen LogP contribution in [0.3, 0.4) is 0 Å². The molecule has 1 atom stereocenters. The highest BCUT2D eigenvalue weighted by atomic mass is 127. The summed E-state index contributed by atoms with van der Waals surface area (Å²) in [7, 11) is 0. The van der Waals surface area contributed by atoms with Crippen molar-refractivity contribution in [3.8, 4) is 0 Å². The summed E-state index contributed by atoms with van der Waals surface area (Å²) in [5, 5.41) is 3.33. The third-order valence-corrected chi connectivity index (χ3v) is 5.22. The van der Waals surface area contributed by atoms with E-state index in [1.165, 1.54) is 19.3 Å². The molecule has 7 heteroatoms. The predicted molar refractivity (Wildman–Crippen MR) is 118 cm³/mol. The highest BCUT2D eigenvalue weighted by Crippen LogP contribution is 2.20. The molecule has 2 aliphatic rings. The van der Waals surface area contributed by atoms with E-state index in [0.717, 1.165) is 18.4 Å². The van der Waals surface area contributed by atoms with E-state index in [2.05, 4.69) is 10.3 Å². The number of guanidine groups is 1. The molecule has 27 heavy (non-hydrogen) atoms. The van der Waals surface area contributed by atoms with Crippen molar-refractivity contribution in [2.24, 2.45) is 10.7 Å². The summed E-state index contributed by atoms with van der Waals surface area (Å²) in [4.78, 5) is 19.4. The van der Waals surface area contributed by atoms with E-state index in [4.69, 9.17) is 10.5 Å². The lowest BCUT2D eigenvalue weighted by Gasteiger charge is -2.30. The number of hydrogen-bond acceptors (Lipinski definition) is 3. The van der Waals surface area contributed by atoms with Gasteiger partial charge in [0.15, 0.2) is 5.96 Å². The number of hydrogen-bond donors (Lipinski definition) is 2. The van der Waals surface area contributed by atoms with Gasteiger partial charge in [-0.15, -0.1) is 24.0 Å². The molecule has 3 rings (SSSR count). The van der Waals surface area contributed by atoms with Crippen molar-refractivity contribution in [3.63, 3.8) is 0 Å². The summed E-state index contributed by atoms with van der Waals surface area (Å²) in [6, 6.07) is 10.3. The number of halogens is 1. The number of rotatable bonds is 5. The van der Waals surface area contributed by atoms with Crippen LogP contribution in [0.4, 0.5) is 0 Å². The summed E-state index contributed by atoms with van der Waals surface area (Å²) < 4.78 is 5.37. The summed E-state index contributed by atoms with van der Waals surface area (Å²) in [6.45, 7) is 2.85. The molecule has 1 aromatic rings. The Balaban J connectivity index is 0.00000261. The minimum absolute atomic E-state index is 0. The van der Waals surface area contributed by atoms with Crippen LogP contribution in [0, 0.1) is 0 Å². The molecule has 3 N–H and O–H groups in total. The number of benzene rings is 1. The lowest BCUT2D eigenvalue weighted by molar-refractivity contribution is -0.136. The van der Waals surface area contributed by atoms with Gasteiger partial charge in [-0.3, -0.25) is 9.79 Å². The van der Waals surface area contributed by atoms with Gasteiger partial charge in [0, 0.05) is 19.1 Å². The fourth-order valence-corrected chi connectivity index (χ4v) is 3.71. The van der Waals surface area contributed by atoms with E-state index < -0.39 is 0 Å². The Bertz CT molecular complexity index is 599. The summed E-state index contributed by atoms with van der Waals surface area (Å²) >= 11 is 0. The van der Waals surface area contributed by atoms with Gasteiger partial charge in [0.1, 0.15) is 0 Å². The summed E-state index contributed by atoms with van der Waals surface area (Å²) in [5.74, 6) is 0.252. The average Bonchev–Trinajstić information content (AvgIpc) is 2.70. The second kappa shape index (κ2) is 11.5. The zero-order valence-corrected chi connectivity index (χ0v) is 18.1. The van der Waals surface area contributed by atoms with Gasteiger partial charge in [-0.2, -0.15) is 0 Å². The number of carbonyl (C=O) groups is 1. The quantitative estimate of drug-likeness (QED) is 0.381. The lowest BCUT2D eigenvalue weighted by Crippen LogP contribution is -2.44. The lowest BCUT2D eigenvalue weighted by atomic mass is 9.96. The van der Waals surface area contributed by atoms with E-state index in [-0.39, 0.29) is 35.8 Å². The van der Waals surface area contributed by atoms with Crippen LogP contribution < -0.4 is 11.1 Å². The maximum atomic E-state index is 13.0. The van der Waals surface area contributed by atoms with Crippen LogP contribution in [0.15, 0.2) is 35.3 Å². The van der Waals surface area contributed by atoms with Crippen LogP contribution in [-0.4, -0.2) is 55.7 Å². The van der Waals surface area contributed by atoms with Gasteiger partial charge in [-0.05, 0) is 18.4 Å². The molecule has 1 aliphatic heterocycles. The maximum absolute atomic E-state index is 13.0. The first-order chi connectivity index (χ1) is 12.7. The van der Waals surface area contributed by atoms with Crippen molar-refractivity contribution in [2.45, 2.75) is 44.1 Å². The van der Waals surface area contributed by atoms with E-state index in [9.17, 15) is 4.79 Å². The maximum Gasteiger partial charge on any atom is 0.232 e. The van der Waals surface area contributed by atoms with Gasteiger partial charge in [0.2, 0.25) is 5.91 Å². The fraction of sp³-hybridized carbons (Fsp3) is 0.600. The topological polar surface area (TPSA) is 80.0 Å². The van der Waals surface area contributed by atoms with Crippen LogP contribution >= 0.6 is 24.0 Å². The van der Waals surface area contributed by atoms with Crippen molar-refractivity contribution in [2.75, 3.05) is 32.8 Å². The first-order valence-corrected chi connectivity index (χ1v) is 9.72. The van der Waals surface area contributed by atoms with Gasteiger partial charge >= 0.3 is 0 Å². The molecule has 1 amide bonds. The molecule has 150 valence electrons. The van der Waals surface area contributed by atoms with Crippen LogP contribution in [0.1, 0.15) is 43.6 Å². The molecule has 0 aromatic heterocycles. The van der Waals surface area contributed by atoms with Gasteiger partial charge in [0.25, 0.3) is 0 Å². The number of nitrogens with two attached hydrogens (primary N) is 1. The second-order valence-electron chi connectivity index (χ2n) is 7.11. The minimum atomic E-state index is -0.305. The molecule has 0 radical (unpaired) electrons. The van der Waals surface area contributed by atoms with E-state index >= 15 is 0 Å². The Labute approximate surface area is 178 Å². The van der Waals surface area contributed by atoms with Crippen LogP contribution in [0.2, 0.25) is 0 Å². The van der Waals surface area contributed by atoms with Crippen molar-refractivity contribution < 1.29 is 9.53 Å². The molecule has 1 aromatic carbocycles. The van der Waals surface area contributed by atoms with Crippen LogP contribution in [0.25, 0.3) is 0 Å². The highest BCUT2D eigenvalue weighted by molar-refractivity contribution is 14.0. The highest BCUT2D eigenvalue weighted by Gasteiger charge is 2.27. The molecular weight excluding hydrogens is 455 g/mol. The van der Waals surface area contributed by atoms with Crippen LogP contribution in [-0.2, 0) is 9.53 Å². The zero-order valence-electron chi connectivity index (χ0n) is 15.8. The molecule has 1 saturated carbocycles. The number of nitrogens with one attached hydrogen (secondary N) is 1. The predicted octanol–water partition coefficient (Wildman–Crippen LogP) is 2.48. The molecule has 0 spiro atoms. The summed E-state index contributed by atoms with van der Waals surface area (Å²) in [6.07, 6.45) is 6.08. The minimum Gasteiger partial charge on any atom is -0.378 e. The molecule has 1 saturated heterocycles. The number of ether oxygens (including phenoxy) is 1. The SMILES string of the molecule is I.NC(=NCC(C(=O)N1CCOCC1)c1ccccc1)NC1CCCCC1. The molecule has 0 bridgehead atoms. The molecule has 1 unspecified atom stereocenters. The van der Waals surface area contributed by atoms with Gasteiger partial charge in [0.05, 0.1) is 25.7 Å². The molecule has 1 heterocycles. The Kier molecular flexibility index (Phi) is 9.33. The second-order valence-corrected chi connectivity index (χ2v) is 7.11. The zero-order chi connectivity index (χ0) is 18.2. The smallest absolute Gasteiger partial charge is 0.232 e. The van der Waals surface area contributed by atoms with Gasteiger partial charge in [-0.1, -0.05) is 49.6 Å².